The number of carboxylic acids is 1. The second kappa shape index (κ2) is 5.27. The van der Waals surface area contributed by atoms with Gasteiger partial charge in [0.05, 0.1) is 11.8 Å². The molecule has 1 amide bonds. The standard InChI is InChI=1S/C15H13N3O3S/c1-8-11(7-16-18(8)2)14(19)17-10-3-4-12-9(5-10)6-13(22-12)15(20)21/h3-7H,1-2H3,(H,17,19)(H,20,21). The molecule has 3 rings (SSSR count). The van der Waals surface area contributed by atoms with Gasteiger partial charge in [-0.15, -0.1) is 11.3 Å². The number of nitrogens with zero attached hydrogens (tertiary/aromatic N) is 2. The number of aromatic nitrogens is 2. The SMILES string of the molecule is Cc1c(C(=O)Nc2ccc3sc(C(=O)O)cc3c2)cnn1C. The van der Waals surface area contributed by atoms with Crippen molar-refractivity contribution < 1.29 is 14.7 Å². The van der Waals surface area contributed by atoms with E-state index in [1.807, 2.05) is 6.92 Å². The van der Waals surface area contributed by atoms with Crippen LogP contribution in [0.15, 0.2) is 30.5 Å². The molecule has 0 saturated carbocycles. The van der Waals surface area contributed by atoms with Crippen LogP contribution in [0.1, 0.15) is 25.7 Å². The number of nitrogens with one attached hydrogen (secondary N) is 1. The van der Waals surface area contributed by atoms with Crippen LogP contribution in [0.2, 0.25) is 0 Å². The molecule has 2 N–H and O–H groups in total. The Morgan fingerprint density at radius 1 is 1.32 bits per heavy atom. The minimum Gasteiger partial charge on any atom is -0.477 e. The van der Waals surface area contributed by atoms with E-state index in [0.29, 0.717) is 11.3 Å². The van der Waals surface area contributed by atoms with Crippen molar-refractivity contribution in [2.24, 2.45) is 7.05 Å². The zero-order valence-electron chi connectivity index (χ0n) is 12.0. The van der Waals surface area contributed by atoms with Crippen LogP contribution >= 0.6 is 11.3 Å². The maximum atomic E-state index is 12.2. The zero-order chi connectivity index (χ0) is 15.9. The summed E-state index contributed by atoms with van der Waals surface area (Å²) < 4.78 is 2.50. The van der Waals surface area contributed by atoms with Crippen molar-refractivity contribution in [3.63, 3.8) is 0 Å². The van der Waals surface area contributed by atoms with Crippen LogP contribution in [0.5, 0.6) is 0 Å². The predicted octanol–water partition coefficient (Wildman–Crippen LogP) is 2.89. The van der Waals surface area contributed by atoms with Crippen molar-refractivity contribution in [3.05, 3.63) is 46.6 Å². The number of hydrogen-bond donors (Lipinski definition) is 2. The van der Waals surface area contributed by atoms with E-state index in [2.05, 4.69) is 10.4 Å². The summed E-state index contributed by atoms with van der Waals surface area (Å²) in [4.78, 5) is 23.5. The van der Waals surface area contributed by atoms with E-state index in [0.717, 1.165) is 15.8 Å². The Bertz CT molecular complexity index is 895. The highest BCUT2D eigenvalue weighted by atomic mass is 32.1. The molecule has 0 aliphatic carbocycles. The summed E-state index contributed by atoms with van der Waals surface area (Å²) in [5.74, 6) is -1.18. The summed E-state index contributed by atoms with van der Waals surface area (Å²) in [6.07, 6.45) is 1.52. The van der Waals surface area contributed by atoms with E-state index in [4.69, 9.17) is 5.11 Å². The highest BCUT2D eigenvalue weighted by molar-refractivity contribution is 7.20. The largest absolute Gasteiger partial charge is 0.477 e. The second-order valence-corrected chi connectivity index (χ2v) is 5.97. The Hall–Kier alpha value is -2.67. The van der Waals surface area contributed by atoms with Gasteiger partial charge in [-0.1, -0.05) is 0 Å². The van der Waals surface area contributed by atoms with E-state index in [9.17, 15) is 9.59 Å². The number of anilines is 1. The summed E-state index contributed by atoms with van der Waals surface area (Å²) in [6.45, 7) is 1.82. The fourth-order valence-corrected chi connectivity index (χ4v) is 3.03. The number of benzene rings is 1. The highest BCUT2D eigenvalue weighted by Crippen LogP contribution is 2.28. The first-order valence-electron chi connectivity index (χ1n) is 6.52. The number of aryl methyl sites for hydroxylation is 1. The number of carbonyl (C=O) groups excluding carboxylic acids is 1. The summed E-state index contributed by atoms with van der Waals surface area (Å²) >= 11 is 1.21. The van der Waals surface area contributed by atoms with Gasteiger partial charge < -0.3 is 10.4 Å². The maximum Gasteiger partial charge on any atom is 0.345 e. The summed E-state index contributed by atoms with van der Waals surface area (Å²) in [6, 6.07) is 6.93. The van der Waals surface area contributed by atoms with Crippen LogP contribution in [0.4, 0.5) is 5.69 Å². The van der Waals surface area contributed by atoms with Crippen LogP contribution in [0.3, 0.4) is 0 Å². The van der Waals surface area contributed by atoms with Crippen LogP contribution in [-0.2, 0) is 7.05 Å². The number of fused-ring (bicyclic) bond motifs is 1. The number of carbonyl (C=O) groups is 2. The van der Waals surface area contributed by atoms with Gasteiger partial charge >= 0.3 is 5.97 Å². The third kappa shape index (κ3) is 2.46. The molecule has 22 heavy (non-hydrogen) atoms. The Morgan fingerprint density at radius 2 is 2.09 bits per heavy atom. The fourth-order valence-electron chi connectivity index (χ4n) is 2.15. The van der Waals surface area contributed by atoms with Crippen molar-refractivity contribution in [1.29, 1.82) is 0 Å². The van der Waals surface area contributed by atoms with Crippen molar-refractivity contribution in [2.45, 2.75) is 6.92 Å². The molecular formula is C15H13N3O3S. The van der Waals surface area contributed by atoms with Gasteiger partial charge in [0.2, 0.25) is 0 Å². The molecule has 0 spiro atoms. The number of amides is 1. The molecule has 112 valence electrons. The third-order valence-corrected chi connectivity index (χ3v) is 4.57. The van der Waals surface area contributed by atoms with Gasteiger partial charge in [0.25, 0.3) is 5.91 Å². The first-order chi connectivity index (χ1) is 10.5. The minimum absolute atomic E-state index is 0.237. The van der Waals surface area contributed by atoms with Crippen molar-refractivity contribution in [1.82, 2.24) is 9.78 Å². The second-order valence-electron chi connectivity index (χ2n) is 4.89. The Labute approximate surface area is 130 Å². The number of hydrogen-bond acceptors (Lipinski definition) is 4. The van der Waals surface area contributed by atoms with Gasteiger partial charge in [-0.25, -0.2) is 4.79 Å². The lowest BCUT2D eigenvalue weighted by Crippen LogP contribution is -2.12. The Kier molecular flexibility index (Phi) is 3.42. The third-order valence-electron chi connectivity index (χ3n) is 3.46. The molecule has 0 fully saturated rings. The maximum absolute atomic E-state index is 12.2. The molecule has 7 heteroatoms. The summed E-state index contributed by atoms with van der Waals surface area (Å²) in [5, 5.41) is 16.7. The topological polar surface area (TPSA) is 84.2 Å². The molecule has 0 unspecified atom stereocenters. The molecule has 0 bridgehead atoms. The average molecular weight is 315 g/mol. The predicted molar refractivity (Wildman–Crippen MR) is 84.7 cm³/mol. The van der Waals surface area contributed by atoms with Gasteiger partial charge in [0.1, 0.15) is 4.88 Å². The molecule has 0 aliphatic heterocycles. The van der Waals surface area contributed by atoms with Crippen LogP contribution in [0, 0.1) is 6.92 Å². The number of aromatic carboxylic acids is 1. The van der Waals surface area contributed by atoms with Gasteiger partial charge in [-0.2, -0.15) is 5.10 Å². The fraction of sp³-hybridized carbons (Fsp3) is 0.133. The molecule has 1 aromatic carbocycles. The molecule has 0 atom stereocenters. The number of rotatable bonds is 3. The number of thiophene rings is 1. The van der Waals surface area contributed by atoms with E-state index in [1.54, 1.807) is 36.0 Å². The van der Waals surface area contributed by atoms with Crippen LogP contribution in [-0.4, -0.2) is 26.8 Å². The van der Waals surface area contributed by atoms with Gasteiger partial charge in [0, 0.05) is 23.1 Å². The quantitative estimate of drug-likeness (QED) is 0.778. The first kappa shape index (κ1) is 14.3. The lowest BCUT2D eigenvalue weighted by Gasteiger charge is -2.05. The Balaban J connectivity index is 1.89. The van der Waals surface area contributed by atoms with Crippen molar-refractivity contribution >= 4 is 39.0 Å². The molecule has 2 aromatic heterocycles. The highest BCUT2D eigenvalue weighted by Gasteiger charge is 2.14. The van der Waals surface area contributed by atoms with Crippen LogP contribution in [0.25, 0.3) is 10.1 Å². The molecule has 6 nitrogen and oxygen atoms in total. The molecule has 3 aromatic rings. The van der Waals surface area contributed by atoms with Crippen molar-refractivity contribution in [2.75, 3.05) is 5.32 Å². The van der Waals surface area contributed by atoms with E-state index in [-0.39, 0.29) is 10.8 Å². The van der Waals surface area contributed by atoms with Gasteiger partial charge in [0.15, 0.2) is 0 Å². The summed E-state index contributed by atoms with van der Waals surface area (Å²) in [7, 11) is 1.77. The lowest BCUT2D eigenvalue weighted by atomic mass is 10.2. The van der Waals surface area contributed by atoms with Crippen LogP contribution < -0.4 is 5.32 Å². The van der Waals surface area contributed by atoms with E-state index in [1.165, 1.54) is 17.5 Å². The molecular weight excluding hydrogens is 302 g/mol. The molecule has 0 saturated heterocycles. The normalized spacial score (nSPS) is 10.8. The first-order valence-corrected chi connectivity index (χ1v) is 7.34. The van der Waals surface area contributed by atoms with Gasteiger partial charge in [-0.05, 0) is 36.6 Å². The molecule has 0 radical (unpaired) electrons. The van der Waals surface area contributed by atoms with E-state index >= 15 is 0 Å². The monoisotopic (exact) mass is 315 g/mol. The smallest absolute Gasteiger partial charge is 0.345 e. The lowest BCUT2D eigenvalue weighted by molar-refractivity contribution is 0.0702. The molecule has 2 heterocycles. The Morgan fingerprint density at radius 3 is 2.73 bits per heavy atom. The summed E-state index contributed by atoms with van der Waals surface area (Å²) in [5.41, 5.74) is 1.91. The van der Waals surface area contributed by atoms with E-state index < -0.39 is 5.97 Å². The molecule has 0 aliphatic rings. The zero-order valence-corrected chi connectivity index (χ0v) is 12.8. The number of carboxylic acid groups (broad SMARTS) is 1. The van der Waals surface area contributed by atoms with Crippen molar-refractivity contribution in [3.8, 4) is 0 Å². The minimum atomic E-state index is -0.947. The van der Waals surface area contributed by atoms with Gasteiger partial charge in [-0.3, -0.25) is 9.48 Å². The average Bonchev–Trinajstić information content (AvgIpc) is 3.03.